The van der Waals surface area contributed by atoms with Gasteiger partial charge in [-0.1, -0.05) is 17.7 Å². The summed E-state index contributed by atoms with van der Waals surface area (Å²) < 4.78 is 11.1. The van der Waals surface area contributed by atoms with Crippen molar-refractivity contribution < 1.29 is 19.1 Å². The molecule has 0 saturated heterocycles. The summed E-state index contributed by atoms with van der Waals surface area (Å²) in [6.07, 6.45) is 0. The van der Waals surface area contributed by atoms with Crippen LogP contribution in [0.2, 0.25) is 5.02 Å². The van der Waals surface area contributed by atoms with Gasteiger partial charge in [0.25, 0.3) is 5.91 Å². The second-order valence-corrected chi connectivity index (χ2v) is 6.59. The van der Waals surface area contributed by atoms with Crippen LogP contribution in [-0.4, -0.2) is 32.0 Å². The monoisotopic (exact) mass is 423 g/mol. The molecule has 0 fully saturated rings. The fourth-order valence-corrected chi connectivity index (χ4v) is 2.68. The van der Waals surface area contributed by atoms with Crippen LogP contribution in [0.3, 0.4) is 0 Å². The second kappa shape index (κ2) is 9.52. The van der Waals surface area contributed by atoms with E-state index in [1.165, 1.54) is 27.2 Å². The number of nitrogens with zero attached hydrogens (tertiary/aromatic N) is 3. The molecule has 2 rings (SSSR count). The number of ether oxygens (including phenoxy) is 2. The summed E-state index contributed by atoms with van der Waals surface area (Å²) in [6.45, 7) is 3.09. The third kappa shape index (κ3) is 4.99. The maximum atomic E-state index is 12.8. The number of hydrogen-bond donors (Lipinski definition) is 0. The highest BCUT2D eigenvalue weighted by Gasteiger charge is 2.30. The van der Waals surface area contributed by atoms with Gasteiger partial charge in [-0.25, -0.2) is 4.42 Å². The van der Waals surface area contributed by atoms with Crippen molar-refractivity contribution in [1.82, 2.24) is 0 Å². The third-order valence-corrected chi connectivity index (χ3v) is 4.46. The first-order chi connectivity index (χ1) is 13.3. The van der Waals surface area contributed by atoms with Crippen molar-refractivity contribution >= 4 is 46.4 Å². The van der Waals surface area contributed by atoms with Crippen molar-refractivity contribution in [3.05, 3.63) is 47.0 Å². The number of aryl methyl sites for hydroxylation is 1. The molecule has 2 aromatic rings. The molecule has 1 unspecified atom stereocenters. The Balaban J connectivity index is 2.33. The molecule has 0 bridgehead atoms. The van der Waals surface area contributed by atoms with E-state index >= 15 is 0 Å². The number of hydrogen-bond acceptors (Lipinski definition) is 6. The van der Waals surface area contributed by atoms with Gasteiger partial charge in [-0.2, -0.15) is 10.2 Å². The number of benzene rings is 2. The zero-order valence-electron chi connectivity index (χ0n) is 15.8. The smallest absolute Gasteiger partial charge is 0.276 e. The van der Waals surface area contributed by atoms with E-state index in [0.717, 1.165) is 9.98 Å². The number of rotatable bonds is 7. The number of carbonyl (C=O) groups excluding carboxylic acids is 2. The SMILES string of the molecule is COc1ccc(N(Cl)C(=O)C(N=Nc2cc(C)ccc2Cl)C(C)=O)c(OC)c1. The Morgan fingerprint density at radius 1 is 1.11 bits per heavy atom. The molecule has 0 spiro atoms. The molecule has 0 N–H and O–H groups in total. The molecule has 0 aromatic heterocycles. The first-order valence-electron chi connectivity index (χ1n) is 8.17. The Hall–Kier alpha value is -2.64. The van der Waals surface area contributed by atoms with Crippen molar-refractivity contribution in [2.75, 3.05) is 18.6 Å². The summed E-state index contributed by atoms with van der Waals surface area (Å²) in [5.41, 5.74) is 1.50. The molecule has 0 heterocycles. The average molecular weight is 424 g/mol. The molecule has 0 aliphatic carbocycles. The largest absolute Gasteiger partial charge is 0.497 e. The van der Waals surface area contributed by atoms with Crippen LogP contribution in [0, 0.1) is 6.92 Å². The molecule has 9 heteroatoms. The maximum Gasteiger partial charge on any atom is 0.276 e. The Morgan fingerprint density at radius 2 is 1.82 bits per heavy atom. The lowest BCUT2D eigenvalue weighted by molar-refractivity contribution is -0.126. The van der Waals surface area contributed by atoms with Gasteiger partial charge in [0.15, 0.2) is 5.78 Å². The fourth-order valence-electron chi connectivity index (χ4n) is 2.30. The van der Waals surface area contributed by atoms with E-state index < -0.39 is 17.7 Å². The number of anilines is 1. The number of amides is 1. The van der Waals surface area contributed by atoms with E-state index in [1.807, 2.05) is 13.0 Å². The summed E-state index contributed by atoms with van der Waals surface area (Å²) in [5.74, 6) is -0.473. The zero-order valence-corrected chi connectivity index (χ0v) is 17.3. The molecule has 1 amide bonds. The molecule has 2 aromatic carbocycles. The third-order valence-electron chi connectivity index (χ3n) is 3.79. The van der Waals surface area contributed by atoms with E-state index in [9.17, 15) is 9.59 Å². The second-order valence-electron chi connectivity index (χ2n) is 5.84. The molecule has 0 saturated carbocycles. The Bertz CT molecular complexity index is 918. The molecular formula is C19H19Cl2N3O4. The molecular weight excluding hydrogens is 405 g/mol. The fraction of sp³-hybridized carbons (Fsp3) is 0.263. The predicted molar refractivity (Wildman–Crippen MR) is 108 cm³/mol. The lowest BCUT2D eigenvalue weighted by Crippen LogP contribution is -2.36. The summed E-state index contributed by atoms with van der Waals surface area (Å²) in [6, 6.07) is 8.44. The highest BCUT2D eigenvalue weighted by Crippen LogP contribution is 2.34. The number of Topliss-reactive ketones (excluding diaryl/α,β-unsaturated/α-hetero) is 1. The van der Waals surface area contributed by atoms with Gasteiger partial charge in [-0.3, -0.25) is 9.59 Å². The summed E-state index contributed by atoms with van der Waals surface area (Å²) >= 11 is 12.3. The highest BCUT2D eigenvalue weighted by atomic mass is 35.5. The van der Waals surface area contributed by atoms with Gasteiger partial charge in [-0.15, -0.1) is 0 Å². The Kier molecular flexibility index (Phi) is 7.37. The lowest BCUT2D eigenvalue weighted by atomic mass is 10.2. The summed E-state index contributed by atoms with van der Waals surface area (Å²) in [4.78, 5) is 24.8. The van der Waals surface area contributed by atoms with Gasteiger partial charge < -0.3 is 9.47 Å². The normalized spacial score (nSPS) is 11.9. The molecule has 0 aliphatic rings. The molecule has 28 heavy (non-hydrogen) atoms. The maximum absolute atomic E-state index is 12.8. The van der Waals surface area contributed by atoms with Gasteiger partial charge in [0.1, 0.15) is 22.9 Å². The number of methoxy groups -OCH3 is 2. The number of carbonyl (C=O) groups is 2. The Morgan fingerprint density at radius 3 is 2.43 bits per heavy atom. The molecule has 7 nitrogen and oxygen atoms in total. The van der Waals surface area contributed by atoms with Gasteiger partial charge in [0.2, 0.25) is 6.04 Å². The molecule has 1 atom stereocenters. The average Bonchev–Trinajstić information content (AvgIpc) is 2.69. The molecule has 148 valence electrons. The number of azo groups is 1. The minimum atomic E-state index is -1.43. The van der Waals surface area contributed by atoms with Crippen molar-refractivity contribution in [2.45, 2.75) is 19.9 Å². The molecule has 0 radical (unpaired) electrons. The lowest BCUT2D eigenvalue weighted by Gasteiger charge is -2.19. The zero-order chi connectivity index (χ0) is 20.8. The van der Waals surface area contributed by atoms with E-state index in [4.69, 9.17) is 32.9 Å². The van der Waals surface area contributed by atoms with E-state index in [0.29, 0.717) is 22.2 Å². The topological polar surface area (TPSA) is 80.6 Å². The van der Waals surface area contributed by atoms with Gasteiger partial charge >= 0.3 is 0 Å². The van der Waals surface area contributed by atoms with E-state index in [-0.39, 0.29) is 5.69 Å². The van der Waals surface area contributed by atoms with Gasteiger partial charge in [-0.05, 0) is 43.7 Å². The number of halogens is 2. The van der Waals surface area contributed by atoms with E-state index in [2.05, 4.69) is 10.2 Å². The first kappa shape index (κ1) is 21.7. The quantitative estimate of drug-likeness (QED) is 0.360. The van der Waals surface area contributed by atoms with Crippen molar-refractivity contribution in [2.24, 2.45) is 10.2 Å². The standard InChI is InChI=1S/C19H19Cl2N3O4/c1-11-5-7-14(20)15(9-11)22-23-18(12(2)25)19(26)24(21)16-8-6-13(27-3)10-17(16)28-4/h5-10,18H,1-4H3. The van der Waals surface area contributed by atoms with Crippen LogP contribution in [0.4, 0.5) is 11.4 Å². The van der Waals surface area contributed by atoms with Crippen LogP contribution < -0.4 is 13.9 Å². The van der Waals surface area contributed by atoms with E-state index in [1.54, 1.807) is 24.3 Å². The highest BCUT2D eigenvalue weighted by molar-refractivity contribution is 6.39. The minimum Gasteiger partial charge on any atom is -0.497 e. The van der Waals surface area contributed by atoms with Crippen LogP contribution in [-0.2, 0) is 9.59 Å². The number of ketones is 1. The predicted octanol–water partition coefficient (Wildman–Crippen LogP) is 4.89. The van der Waals surface area contributed by atoms with Crippen molar-refractivity contribution in [1.29, 1.82) is 0 Å². The van der Waals surface area contributed by atoms with Crippen LogP contribution in [0.1, 0.15) is 12.5 Å². The van der Waals surface area contributed by atoms with Gasteiger partial charge in [0, 0.05) is 17.8 Å². The molecule has 0 aliphatic heterocycles. The van der Waals surface area contributed by atoms with Crippen LogP contribution in [0.5, 0.6) is 11.5 Å². The van der Waals surface area contributed by atoms with Crippen LogP contribution in [0.15, 0.2) is 46.6 Å². The first-order valence-corrected chi connectivity index (χ1v) is 8.89. The summed E-state index contributed by atoms with van der Waals surface area (Å²) in [7, 11) is 2.93. The minimum absolute atomic E-state index is 0.241. The van der Waals surface area contributed by atoms with Crippen LogP contribution >= 0.6 is 23.4 Å². The van der Waals surface area contributed by atoms with Gasteiger partial charge in [0.05, 0.1) is 19.2 Å². The van der Waals surface area contributed by atoms with Crippen molar-refractivity contribution in [3.63, 3.8) is 0 Å². The van der Waals surface area contributed by atoms with Crippen molar-refractivity contribution in [3.8, 4) is 11.5 Å². The Labute approximate surface area is 173 Å². The summed E-state index contributed by atoms with van der Waals surface area (Å²) in [5, 5.41) is 8.20. The van der Waals surface area contributed by atoms with Crippen LogP contribution in [0.25, 0.3) is 0 Å².